The highest BCUT2D eigenvalue weighted by atomic mass is 79.9. The number of rotatable bonds is 6. The molecule has 0 amide bonds. The zero-order chi connectivity index (χ0) is 14.6. The number of piperidine rings is 1. The maximum Gasteiger partial charge on any atom is 0.252 e. The van der Waals surface area contributed by atoms with Gasteiger partial charge in [-0.1, -0.05) is 6.92 Å². The standard InChI is InChI=1S/C13H21BrN2O2S2/c1-2-7-15-10-11-5-8-16(9-6-11)20(17,18)13-4-3-12(14)19-13/h3-4,11,15H,2,5-10H2,1H3. The van der Waals surface area contributed by atoms with Crippen molar-refractivity contribution in [3.05, 3.63) is 15.9 Å². The molecule has 1 aliphatic heterocycles. The lowest BCUT2D eigenvalue weighted by Crippen LogP contribution is -2.40. The summed E-state index contributed by atoms with van der Waals surface area (Å²) in [6.07, 6.45) is 3.03. The average Bonchev–Trinajstić information content (AvgIpc) is 2.87. The molecule has 114 valence electrons. The molecule has 1 N–H and O–H groups in total. The van der Waals surface area contributed by atoms with Crippen molar-refractivity contribution < 1.29 is 8.42 Å². The molecule has 0 saturated carbocycles. The van der Waals surface area contributed by atoms with Crippen LogP contribution in [0.2, 0.25) is 0 Å². The van der Waals surface area contributed by atoms with Crippen LogP contribution in [0.1, 0.15) is 26.2 Å². The van der Waals surface area contributed by atoms with Crippen LogP contribution < -0.4 is 5.32 Å². The highest BCUT2D eigenvalue weighted by Gasteiger charge is 2.30. The first-order valence-electron chi connectivity index (χ1n) is 7.00. The Hall–Kier alpha value is 0.0500. The third-order valence-corrected chi connectivity index (χ3v) is 7.57. The predicted octanol–water partition coefficient (Wildman–Crippen LogP) is 2.91. The van der Waals surface area contributed by atoms with Crippen molar-refractivity contribution in [1.29, 1.82) is 0 Å². The van der Waals surface area contributed by atoms with Crippen LogP contribution in [0.3, 0.4) is 0 Å². The fourth-order valence-corrected chi connectivity index (χ4v) is 6.03. The highest BCUT2D eigenvalue weighted by Crippen LogP contribution is 2.30. The number of halogens is 1. The summed E-state index contributed by atoms with van der Waals surface area (Å²) in [7, 11) is -3.29. The fraction of sp³-hybridized carbons (Fsp3) is 0.692. The Labute approximate surface area is 133 Å². The normalized spacial score (nSPS) is 18.5. The predicted molar refractivity (Wildman–Crippen MR) is 86.7 cm³/mol. The van der Waals surface area contributed by atoms with Crippen molar-refractivity contribution in [2.45, 2.75) is 30.4 Å². The molecule has 1 aromatic heterocycles. The minimum absolute atomic E-state index is 0.437. The van der Waals surface area contributed by atoms with Gasteiger partial charge in [-0.2, -0.15) is 4.31 Å². The van der Waals surface area contributed by atoms with E-state index in [4.69, 9.17) is 0 Å². The quantitative estimate of drug-likeness (QED) is 0.771. The number of sulfonamides is 1. The maximum absolute atomic E-state index is 12.5. The van der Waals surface area contributed by atoms with E-state index < -0.39 is 10.0 Å². The van der Waals surface area contributed by atoms with Crippen molar-refractivity contribution in [3.63, 3.8) is 0 Å². The van der Waals surface area contributed by atoms with E-state index in [0.29, 0.717) is 23.2 Å². The molecule has 0 spiro atoms. The van der Waals surface area contributed by atoms with Crippen LogP contribution in [0.25, 0.3) is 0 Å². The molecule has 1 saturated heterocycles. The van der Waals surface area contributed by atoms with E-state index in [2.05, 4.69) is 28.2 Å². The number of hydrogen-bond acceptors (Lipinski definition) is 4. The molecule has 0 aliphatic carbocycles. The summed E-state index contributed by atoms with van der Waals surface area (Å²) in [5, 5.41) is 3.42. The monoisotopic (exact) mass is 380 g/mol. The average molecular weight is 381 g/mol. The zero-order valence-electron chi connectivity index (χ0n) is 11.6. The van der Waals surface area contributed by atoms with Gasteiger partial charge in [0.25, 0.3) is 10.0 Å². The van der Waals surface area contributed by atoms with E-state index in [9.17, 15) is 8.42 Å². The van der Waals surface area contributed by atoms with Gasteiger partial charge in [-0.15, -0.1) is 11.3 Å². The van der Waals surface area contributed by atoms with Crippen LogP contribution in [-0.4, -0.2) is 38.9 Å². The van der Waals surface area contributed by atoms with Gasteiger partial charge in [0.1, 0.15) is 4.21 Å². The van der Waals surface area contributed by atoms with Gasteiger partial charge in [0.05, 0.1) is 3.79 Å². The number of thiophene rings is 1. The third kappa shape index (κ3) is 4.04. The second kappa shape index (κ2) is 7.35. The molecule has 2 heterocycles. The molecule has 0 unspecified atom stereocenters. The Morgan fingerprint density at radius 2 is 2.10 bits per heavy atom. The Morgan fingerprint density at radius 3 is 2.65 bits per heavy atom. The molecule has 1 fully saturated rings. The van der Waals surface area contributed by atoms with E-state index in [-0.39, 0.29) is 0 Å². The smallest absolute Gasteiger partial charge is 0.252 e. The Bertz CT molecular complexity index is 522. The molecule has 4 nitrogen and oxygen atoms in total. The second-order valence-corrected chi connectivity index (χ2v) is 9.74. The van der Waals surface area contributed by atoms with Gasteiger partial charge >= 0.3 is 0 Å². The van der Waals surface area contributed by atoms with E-state index in [1.807, 2.05) is 0 Å². The van der Waals surface area contributed by atoms with Gasteiger partial charge in [0.2, 0.25) is 0 Å². The van der Waals surface area contributed by atoms with Gasteiger partial charge in [0, 0.05) is 13.1 Å². The van der Waals surface area contributed by atoms with Gasteiger partial charge < -0.3 is 5.32 Å². The van der Waals surface area contributed by atoms with Crippen molar-refractivity contribution in [2.24, 2.45) is 5.92 Å². The number of nitrogens with zero attached hydrogens (tertiary/aromatic N) is 1. The van der Waals surface area contributed by atoms with E-state index in [1.165, 1.54) is 11.3 Å². The largest absolute Gasteiger partial charge is 0.316 e. The lowest BCUT2D eigenvalue weighted by molar-refractivity contribution is 0.268. The summed E-state index contributed by atoms with van der Waals surface area (Å²) in [5.74, 6) is 0.600. The van der Waals surface area contributed by atoms with E-state index in [1.54, 1.807) is 16.4 Å². The van der Waals surface area contributed by atoms with Crippen LogP contribution in [0.4, 0.5) is 0 Å². The van der Waals surface area contributed by atoms with Crippen LogP contribution in [0.15, 0.2) is 20.1 Å². The number of hydrogen-bond donors (Lipinski definition) is 1. The van der Waals surface area contributed by atoms with Crippen LogP contribution in [0, 0.1) is 5.92 Å². The molecule has 7 heteroatoms. The van der Waals surface area contributed by atoms with Gasteiger partial charge in [-0.05, 0) is 66.3 Å². The topological polar surface area (TPSA) is 49.4 Å². The SMILES string of the molecule is CCCNCC1CCN(S(=O)(=O)c2ccc(Br)s2)CC1. The molecule has 20 heavy (non-hydrogen) atoms. The van der Waals surface area contributed by atoms with Crippen LogP contribution in [0.5, 0.6) is 0 Å². The first kappa shape index (κ1) is 16.4. The molecule has 1 aromatic rings. The summed E-state index contributed by atoms with van der Waals surface area (Å²) in [4.78, 5) is 0. The molecular formula is C13H21BrN2O2S2. The lowest BCUT2D eigenvalue weighted by Gasteiger charge is -2.30. The second-order valence-electron chi connectivity index (χ2n) is 5.11. The molecule has 2 rings (SSSR count). The summed E-state index contributed by atoms with van der Waals surface area (Å²) < 4.78 is 27.9. The Kier molecular flexibility index (Phi) is 6.04. The van der Waals surface area contributed by atoms with E-state index in [0.717, 1.165) is 36.1 Å². The first-order chi connectivity index (χ1) is 9.54. The van der Waals surface area contributed by atoms with Gasteiger partial charge in [-0.3, -0.25) is 0 Å². The first-order valence-corrected chi connectivity index (χ1v) is 10.0. The third-order valence-electron chi connectivity index (χ3n) is 3.58. The fourth-order valence-electron chi connectivity index (χ4n) is 2.40. The minimum atomic E-state index is -3.29. The van der Waals surface area contributed by atoms with Crippen molar-refractivity contribution in [2.75, 3.05) is 26.2 Å². The van der Waals surface area contributed by atoms with Crippen molar-refractivity contribution >= 4 is 37.3 Å². The number of nitrogens with one attached hydrogen (secondary N) is 1. The van der Waals surface area contributed by atoms with Crippen LogP contribution >= 0.6 is 27.3 Å². The van der Waals surface area contributed by atoms with Gasteiger partial charge in [0.15, 0.2) is 0 Å². The summed E-state index contributed by atoms with van der Waals surface area (Å²) in [6, 6.07) is 3.47. The molecule has 1 aliphatic rings. The molecule has 0 aromatic carbocycles. The summed E-state index contributed by atoms with van der Waals surface area (Å²) >= 11 is 4.60. The Morgan fingerprint density at radius 1 is 1.40 bits per heavy atom. The Balaban J connectivity index is 1.90. The summed E-state index contributed by atoms with van der Waals surface area (Å²) in [5.41, 5.74) is 0. The molecule has 0 atom stereocenters. The molecular weight excluding hydrogens is 360 g/mol. The molecule has 0 bridgehead atoms. The van der Waals surface area contributed by atoms with Crippen molar-refractivity contribution in [3.8, 4) is 0 Å². The lowest BCUT2D eigenvalue weighted by atomic mass is 9.98. The minimum Gasteiger partial charge on any atom is -0.316 e. The van der Waals surface area contributed by atoms with Crippen molar-refractivity contribution in [1.82, 2.24) is 9.62 Å². The maximum atomic E-state index is 12.5. The van der Waals surface area contributed by atoms with E-state index >= 15 is 0 Å². The zero-order valence-corrected chi connectivity index (χ0v) is 14.9. The molecule has 0 radical (unpaired) electrons. The van der Waals surface area contributed by atoms with Crippen LogP contribution in [-0.2, 0) is 10.0 Å². The van der Waals surface area contributed by atoms with Gasteiger partial charge in [-0.25, -0.2) is 8.42 Å². The summed E-state index contributed by atoms with van der Waals surface area (Å²) in [6.45, 7) is 5.47. The highest BCUT2D eigenvalue weighted by molar-refractivity contribution is 9.11.